The molecule has 128 valence electrons. The number of fused-ring (bicyclic) bond motifs is 1. The summed E-state index contributed by atoms with van der Waals surface area (Å²) >= 11 is 0. The Labute approximate surface area is 145 Å². The van der Waals surface area contributed by atoms with Crippen molar-refractivity contribution < 1.29 is 9.53 Å². The number of aromatic nitrogens is 2. The van der Waals surface area contributed by atoms with Crippen LogP contribution in [-0.4, -0.2) is 22.3 Å². The van der Waals surface area contributed by atoms with Crippen LogP contribution < -0.4 is 15.5 Å². The van der Waals surface area contributed by atoms with E-state index in [9.17, 15) is 9.59 Å². The van der Waals surface area contributed by atoms with E-state index in [0.717, 1.165) is 5.75 Å². The van der Waals surface area contributed by atoms with Crippen LogP contribution in [0.2, 0.25) is 0 Å². The minimum atomic E-state index is -0.526. The Kier molecular flexibility index (Phi) is 4.79. The van der Waals surface area contributed by atoms with Gasteiger partial charge in [-0.1, -0.05) is 12.1 Å². The van der Waals surface area contributed by atoms with Gasteiger partial charge in [-0.05, 0) is 50.2 Å². The van der Waals surface area contributed by atoms with Gasteiger partial charge in [0.2, 0.25) is 5.43 Å². The van der Waals surface area contributed by atoms with Crippen molar-refractivity contribution in [3.05, 3.63) is 64.4 Å². The molecule has 0 radical (unpaired) electrons. The van der Waals surface area contributed by atoms with Crippen LogP contribution in [0.15, 0.2) is 53.3 Å². The van der Waals surface area contributed by atoms with Gasteiger partial charge in [-0.25, -0.2) is 0 Å². The van der Waals surface area contributed by atoms with Crippen molar-refractivity contribution in [2.45, 2.75) is 20.4 Å². The van der Waals surface area contributed by atoms with Gasteiger partial charge in [-0.3, -0.25) is 14.3 Å². The van der Waals surface area contributed by atoms with Gasteiger partial charge in [0.05, 0.1) is 12.1 Å². The van der Waals surface area contributed by atoms with E-state index in [-0.39, 0.29) is 11.1 Å². The molecule has 0 saturated carbocycles. The summed E-state index contributed by atoms with van der Waals surface area (Å²) in [5, 5.41) is 7.43. The number of aryl methyl sites for hydroxylation is 1. The summed E-state index contributed by atoms with van der Waals surface area (Å²) in [6, 6.07) is 14.1. The highest BCUT2D eigenvalue weighted by atomic mass is 16.5. The van der Waals surface area contributed by atoms with E-state index in [0.29, 0.717) is 29.7 Å². The molecular weight excluding hydrogens is 318 g/mol. The number of ether oxygens (including phenoxy) is 1. The van der Waals surface area contributed by atoms with Gasteiger partial charge in [-0.2, -0.15) is 5.10 Å². The van der Waals surface area contributed by atoms with E-state index >= 15 is 0 Å². The lowest BCUT2D eigenvalue weighted by molar-refractivity contribution is 0.101. The number of nitrogens with zero attached hydrogens (tertiary/aromatic N) is 2. The number of hydrogen-bond donors (Lipinski definition) is 1. The highest BCUT2D eigenvalue weighted by Gasteiger charge is 2.17. The first-order valence-corrected chi connectivity index (χ1v) is 8.18. The second kappa shape index (κ2) is 7.17. The van der Waals surface area contributed by atoms with E-state index in [2.05, 4.69) is 10.4 Å². The Bertz CT molecular complexity index is 962. The predicted molar refractivity (Wildman–Crippen MR) is 97.2 cm³/mol. The smallest absolute Gasteiger partial charge is 0.280 e. The molecule has 3 aromatic rings. The third-order valence-corrected chi connectivity index (χ3v) is 3.80. The molecular formula is C19H19N3O3. The molecule has 6 nitrogen and oxygen atoms in total. The minimum Gasteiger partial charge on any atom is -0.494 e. The standard InChI is InChI=1S/C19H19N3O3/c1-3-22-16-8-6-5-7-15(16)18(23)17(21-22)19(24)20-13-9-11-14(12-10-13)25-4-2/h5-12H,3-4H2,1-2H3,(H,20,24). The summed E-state index contributed by atoms with van der Waals surface area (Å²) in [4.78, 5) is 25.2. The zero-order valence-electron chi connectivity index (χ0n) is 14.2. The fourth-order valence-electron chi connectivity index (χ4n) is 2.62. The van der Waals surface area contributed by atoms with Crippen molar-refractivity contribution in [1.82, 2.24) is 9.78 Å². The molecule has 25 heavy (non-hydrogen) atoms. The molecule has 0 saturated heterocycles. The lowest BCUT2D eigenvalue weighted by Gasteiger charge is -2.10. The van der Waals surface area contributed by atoms with Crippen LogP contribution >= 0.6 is 0 Å². The molecule has 6 heteroatoms. The van der Waals surface area contributed by atoms with Gasteiger partial charge in [0.25, 0.3) is 5.91 Å². The van der Waals surface area contributed by atoms with Crippen LogP contribution in [0.25, 0.3) is 10.9 Å². The molecule has 2 aromatic carbocycles. The molecule has 1 amide bonds. The third-order valence-electron chi connectivity index (χ3n) is 3.80. The molecule has 0 aliphatic heterocycles. The van der Waals surface area contributed by atoms with E-state index in [4.69, 9.17) is 4.74 Å². The number of hydrogen-bond acceptors (Lipinski definition) is 4. The number of amides is 1. The number of anilines is 1. The molecule has 0 atom stereocenters. The summed E-state index contributed by atoms with van der Waals surface area (Å²) in [5.41, 5.74) is 0.802. The van der Waals surface area contributed by atoms with Gasteiger partial charge in [0, 0.05) is 17.6 Å². The van der Waals surface area contributed by atoms with Gasteiger partial charge in [0.15, 0.2) is 5.69 Å². The van der Waals surface area contributed by atoms with Crippen LogP contribution in [0.1, 0.15) is 24.3 Å². The topological polar surface area (TPSA) is 73.2 Å². The Morgan fingerprint density at radius 2 is 1.84 bits per heavy atom. The fraction of sp³-hybridized carbons (Fsp3) is 0.211. The zero-order chi connectivity index (χ0) is 17.8. The lowest BCUT2D eigenvalue weighted by atomic mass is 10.2. The Morgan fingerprint density at radius 3 is 2.52 bits per heavy atom. The Balaban J connectivity index is 1.94. The van der Waals surface area contributed by atoms with Crippen molar-refractivity contribution in [3.63, 3.8) is 0 Å². The first-order chi connectivity index (χ1) is 12.1. The van der Waals surface area contributed by atoms with Crippen molar-refractivity contribution in [1.29, 1.82) is 0 Å². The molecule has 0 spiro atoms. The molecule has 1 heterocycles. The normalized spacial score (nSPS) is 10.6. The Hall–Kier alpha value is -3.15. The number of para-hydroxylation sites is 1. The van der Waals surface area contributed by atoms with Crippen LogP contribution in [0.3, 0.4) is 0 Å². The molecule has 0 aliphatic rings. The summed E-state index contributed by atoms with van der Waals surface area (Å²) < 4.78 is 7.03. The third kappa shape index (κ3) is 3.38. The van der Waals surface area contributed by atoms with Crippen LogP contribution in [0.5, 0.6) is 5.75 Å². The average Bonchev–Trinajstić information content (AvgIpc) is 2.64. The number of carbonyl (C=O) groups excluding carboxylic acids is 1. The zero-order valence-corrected chi connectivity index (χ0v) is 14.2. The van der Waals surface area contributed by atoms with E-state index in [1.807, 2.05) is 26.0 Å². The number of carbonyl (C=O) groups is 1. The van der Waals surface area contributed by atoms with E-state index in [1.54, 1.807) is 41.1 Å². The monoisotopic (exact) mass is 337 g/mol. The van der Waals surface area contributed by atoms with Crippen molar-refractivity contribution >= 4 is 22.5 Å². The predicted octanol–water partition coefficient (Wildman–Crippen LogP) is 3.07. The number of benzene rings is 2. The van der Waals surface area contributed by atoms with Gasteiger partial charge in [0.1, 0.15) is 5.75 Å². The van der Waals surface area contributed by atoms with Crippen molar-refractivity contribution in [2.24, 2.45) is 0 Å². The summed E-state index contributed by atoms with van der Waals surface area (Å²) in [7, 11) is 0. The minimum absolute atomic E-state index is 0.116. The summed E-state index contributed by atoms with van der Waals surface area (Å²) in [6.07, 6.45) is 0. The maximum atomic E-state index is 12.6. The lowest BCUT2D eigenvalue weighted by Crippen LogP contribution is -2.27. The highest BCUT2D eigenvalue weighted by molar-refractivity contribution is 6.04. The molecule has 0 aliphatic carbocycles. The molecule has 0 fully saturated rings. The van der Waals surface area contributed by atoms with Crippen LogP contribution in [-0.2, 0) is 6.54 Å². The van der Waals surface area contributed by atoms with Crippen molar-refractivity contribution in [2.75, 3.05) is 11.9 Å². The summed E-state index contributed by atoms with van der Waals surface area (Å²) in [6.45, 7) is 4.95. The second-order valence-corrected chi connectivity index (χ2v) is 5.42. The highest BCUT2D eigenvalue weighted by Crippen LogP contribution is 2.16. The van der Waals surface area contributed by atoms with Gasteiger partial charge in [-0.15, -0.1) is 0 Å². The van der Waals surface area contributed by atoms with Gasteiger partial charge >= 0.3 is 0 Å². The van der Waals surface area contributed by atoms with Gasteiger partial charge < -0.3 is 10.1 Å². The fourth-order valence-corrected chi connectivity index (χ4v) is 2.62. The van der Waals surface area contributed by atoms with E-state index in [1.165, 1.54) is 0 Å². The number of nitrogens with one attached hydrogen (secondary N) is 1. The quantitative estimate of drug-likeness (QED) is 0.776. The molecule has 3 rings (SSSR count). The number of rotatable bonds is 5. The second-order valence-electron chi connectivity index (χ2n) is 5.42. The molecule has 0 unspecified atom stereocenters. The average molecular weight is 337 g/mol. The van der Waals surface area contributed by atoms with Crippen LogP contribution in [0.4, 0.5) is 5.69 Å². The first-order valence-electron chi connectivity index (χ1n) is 8.18. The van der Waals surface area contributed by atoms with Crippen molar-refractivity contribution in [3.8, 4) is 5.75 Å². The molecule has 1 N–H and O–H groups in total. The summed E-state index contributed by atoms with van der Waals surface area (Å²) in [5.74, 6) is 0.194. The largest absolute Gasteiger partial charge is 0.494 e. The van der Waals surface area contributed by atoms with E-state index < -0.39 is 5.91 Å². The maximum absolute atomic E-state index is 12.6. The SMILES string of the molecule is CCOc1ccc(NC(=O)c2nn(CC)c3ccccc3c2=O)cc1. The van der Waals surface area contributed by atoms with Crippen LogP contribution in [0, 0.1) is 0 Å². The maximum Gasteiger partial charge on any atom is 0.280 e. The first kappa shape index (κ1) is 16.7. The molecule has 1 aromatic heterocycles. The molecule has 0 bridgehead atoms. The Morgan fingerprint density at radius 1 is 1.12 bits per heavy atom.